The van der Waals surface area contributed by atoms with Crippen LogP contribution in [0.1, 0.15) is 46.5 Å². The average Bonchev–Trinajstić information content (AvgIpc) is 3.61. The van der Waals surface area contributed by atoms with E-state index >= 15 is 0 Å². The lowest BCUT2D eigenvalue weighted by atomic mass is 9.72. The minimum absolute atomic E-state index is 0.0352. The molecule has 1 spiro atoms. The van der Waals surface area contributed by atoms with Gasteiger partial charge in [0.25, 0.3) is 5.91 Å². The Morgan fingerprint density at radius 2 is 1.82 bits per heavy atom. The summed E-state index contributed by atoms with van der Waals surface area (Å²) >= 11 is 2.90. The second kappa shape index (κ2) is 10.6. The third-order valence-corrected chi connectivity index (χ3v) is 9.24. The molecule has 3 N–H and O–H groups in total. The highest BCUT2D eigenvalue weighted by atomic mass is 32.1. The molecule has 4 heterocycles. The second-order valence-electron chi connectivity index (χ2n) is 9.88. The summed E-state index contributed by atoms with van der Waals surface area (Å²) in [5.74, 6) is -2.80. The number of amides is 3. The number of nitrogens with zero attached hydrogens (tertiary/aromatic N) is 3. The molecule has 8 nitrogen and oxygen atoms in total. The van der Waals surface area contributed by atoms with Crippen LogP contribution >= 0.6 is 22.7 Å². The van der Waals surface area contributed by atoms with Gasteiger partial charge in [-0.1, -0.05) is 6.07 Å². The van der Waals surface area contributed by atoms with Crippen molar-refractivity contribution in [3.05, 3.63) is 52.3 Å². The molecule has 39 heavy (non-hydrogen) atoms. The van der Waals surface area contributed by atoms with E-state index in [1.54, 1.807) is 23.6 Å². The number of aromatic nitrogens is 1. The van der Waals surface area contributed by atoms with E-state index in [1.807, 2.05) is 22.4 Å². The van der Waals surface area contributed by atoms with Crippen LogP contribution in [0.4, 0.5) is 24.5 Å². The van der Waals surface area contributed by atoms with Crippen molar-refractivity contribution >= 4 is 51.8 Å². The lowest BCUT2D eigenvalue weighted by Crippen LogP contribution is -2.53. The average molecular weight is 578 g/mol. The van der Waals surface area contributed by atoms with Gasteiger partial charge in [0.15, 0.2) is 0 Å². The summed E-state index contributed by atoms with van der Waals surface area (Å²) < 4.78 is 38.8. The van der Waals surface area contributed by atoms with Crippen LogP contribution in [-0.2, 0) is 4.79 Å². The molecule has 3 amide bonds. The van der Waals surface area contributed by atoms with Gasteiger partial charge in [-0.2, -0.15) is 13.2 Å². The van der Waals surface area contributed by atoms with Gasteiger partial charge in [-0.15, -0.1) is 22.7 Å². The molecule has 0 unspecified atom stereocenters. The van der Waals surface area contributed by atoms with Gasteiger partial charge in [-0.25, -0.2) is 4.98 Å². The molecular weight excluding hydrogens is 551 g/mol. The third kappa shape index (κ3) is 5.78. The molecule has 1 aromatic carbocycles. The summed E-state index contributed by atoms with van der Waals surface area (Å²) in [7, 11) is 0. The second-order valence-corrected chi connectivity index (χ2v) is 11.7. The molecule has 0 bridgehead atoms. The van der Waals surface area contributed by atoms with Gasteiger partial charge >= 0.3 is 12.1 Å². The van der Waals surface area contributed by atoms with Gasteiger partial charge < -0.3 is 20.9 Å². The first-order chi connectivity index (χ1) is 18.5. The first-order valence-electron chi connectivity index (χ1n) is 12.4. The number of benzene rings is 1. The quantitative estimate of drug-likeness (QED) is 0.444. The maximum Gasteiger partial charge on any atom is 0.471 e. The Morgan fingerprint density at radius 3 is 2.49 bits per heavy atom. The number of nitrogens with one attached hydrogen (secondary N) is 1. The van der Waals surface area contributed by atoms with Gasteiger partial charge in [0.1, 0.15) is 10.7 Å². The molecule has 2 aromatic heterocycles. The topological polar surface area (TPSA) is 109 Å². The number of carbonyl (C=O) groups excluding carboxylic acids is 3. The fraction of sp³-hybridized carbons (Fsp3) is 0.385. The van der Waals surface area contributed by atoms with Crippen LogP contribution in [0.15, 0.2) is 41.1 Å². The van der Waals surface area contributed by atoms with E-state index in [0.29, 0.717) is 37.3 Å². The number of carbonyl (C=O) groups is 3. The molecule has 0 aliphatic carbocycles. The molecule has 0 atom stereocenters. The zero-order valence-corrected chi connectivity index (χ0v) is 22.4. The molecule has 0 saturated carbocycles. The Hall–Kier alpha value is -3.45. The van der Waals surface area contributed by atoms with E-state index in [-0.39, 0.29) is 29.8 Å². The van der Waals surface area contributed by atoms with E-state index in [9.17, 15) is 27.6 Å². The number of thiophene rings is 1. The molecular formula is C26H26F3N5O3S2. The Balaban J connectivity index is 1.35. The van der Waals surface area contributed by atoms with Crippen LogP contribution in [0.5, 0.6) is 0 Å². The van der Waals surface area contributed by atoms with Gasteiger partial charge in [0, 0.05) is 37.1 Å². The van der Waals surface area contributed by atoms with Crippen molar-refractivity contribution in [2.24, 2.45) is 11.1 Å². The number of likely N-dealkylation sites (tertiary alicyclic amines) is 1. The van der Waals surface area contributed by atoms with Gasteiger partial charge in [-0.3, -0.25) is 14.4 Å². The Labute approximate surface area is 230 Å². The normalized spacial score (nSPS) is 17.3. The van der Waals surface area contributed by atoms with Gasteiger partial charge in [0.2, 0.25) is 5.91 Å². The van der Waals surface area contributed by atoms with Crippen molar-refractivity contribution in [3.8, 4) is 9.88 Å². The number of halogens is 3. The van der Waals surface area contributed by atoms with Crippen molar-refractivity contribution in [1.29, 1.82) is 0 Å². The number of primary amides is 1. The number of hydrogen-bond acceptors (Lipinski definition) is 7. The van der Waals surface area contributed by atoms with Crippen LogP contribution < -0.4 is 16.0 Å². The van der Waals surface area contributed by atoms with Gasteiger partial charge in [-0.05, 0) is 60.7 Å². The van der Waals surface area contributed by atoms with Crippen LogP contribution in [0.2, 0.25) is 0 Å². The number of alkyl halides is 3. The zero-order chi connectivity index (χ0) is 27.8. The maximum absolute atomic E-state index is 13.1. The first kappa shape index (κ1) is 27.1. The predicted molar refractivity (Wildman–Crippen MR) is 144 cm³/mol. The largest absolute Gasteiger partial charge is 0.471 e. The minimum atomic E-state index is -4.88. The minimum Gasteiger partial charge on any atom is -0.369 e. The van der Waals surface area contributed by atoms with E-state index in [4.69, 9.17) is 5.73 Å². The molecule has 206 valence electrons. The van der Waals surface area contributed by atoms with Crippen LogP contribution in [0.3, 0.4) is 0 Å². The Kier molecular flexibility index (Phi) is 7.38. The molecule has 3 aromatic rings. The van der Waals surface area contributed by atoms with Crippen molar-refractivity contribution in [3.63, 3.8) is 0 Å². The molecule has 0 radical (unpaired) electrons. The first-order valence-corrected chi connectivity index (χ1v) is 14.2. The van der Waals surface area contributed by atoms with Crippen LogP contribution in [-0.4, -0.2) is 60.0 Å². The fourth-order valence-electron chi connectivity index (χ4n) is 5.32. The third-order valence-electron chi connectivity index (χ3n) is 7.36. The molecule has 2 fully saturated rings. The molecule has 2 aliphatic heterocycles. The number of thiazole rings is 1. The predicted octanol–water partition coefficient (Wildman–Crippen LogP) is 4.99. The lowest BCUT2D eigenvalue weighted by molar-refractivity contribution is -0.187. The molecule has 13 heteroatoms. The van der Waals surface area contributed by atoms with E-state index in [0.717, 1.165) is 27.6 Å². The van der Waals surface area contributed by atoms with Crippen molar-refractivity contribution in [1.82, 2.24) is 9.88 Å². The summed E-state index contributed by atoms with van der Waals surface area (Å²) in [6, 6.07) is 8.66. The molecule has 5 rings (SSSR count). The zero-order valence-electron chi connectivity index (χ0n) is 20.8. The van der Waals surface area contributed by atoms with Crippen molar-refractivity contribution in [2.75, 3.05) is 36.4 Å². The highest BCUT2D eigenvalue weighted by molar-refractivity contribution is 7.20. The number of rotatable bonds is 5. The van der Waals surface area contributed by atoms with Crippen molar-refractivity contribution < 1.29 is 27.6 Å². The summed E-state index contributed by atoms with van der Waals surface area (Å²) in [5.41, 5.74) is 6.90. The summed E-state index contributed by atoms with van der Waals surface area (Å²) in [5, 5.41) is 7.28. The highest BCUT2D eigenvalue weighted by Gasteiger charge is 2.46. The number of anilines is 2. The highest BCUT2D eigenvalue weighted by Crippen LogP contribution is 2.43. The van der Waals surface area contributed by atoms with Gasteiger partial charge in [0.05, 0.1) is 16.3 Å². The SMILES string of the molecule is NC(=O)c1ccc(NC(=O)c2csc(-c3cccs3)n2)c(N2CCCC3(CCN(C(=O)C(F)(F)F)CC3)C2)c1. The fourth-order valence-corrected chi connectivity index (χ4v) is 6.93. The monoisotopic (exact) mass is 577 g/mol. The molecule has 2 aliphatic rings. The lowest BCUT2D eigenvalue weighted by Gasteiger charge is -2.48. The standard InChI is InChI=1S/C26H26F3N5O3S2/c27-26(28,29)24(37)33-10-7-25(8-11-33)6-2-9-34(15-25)19-13-16(21(30)35)4-5-17(19)31-22(36)18-14-39-23(32-18)20-3-1-12-38-20/h1,3-5,12-14H,2,6-11,15H2,(H2,30,35)(H,31,36). The maximum atomic E-state index is 13.1. The summed E-state index contributed by atoms with van der Waals surface area (Å²) in [6.07, 6.45) is -2.41. The molecule has 2 saturated heterocycles. The number of piperidine rings is 2. The smallest absolute Gasteiger partial charge is 0.369 e. The van der Waals surface area contributed by atoms with Crippen LogP contribution in [0.25, 0.3) is 9.88 Å². The van der Waals surface area contributed by atoms with E-state index in [2.05, 4.69) is 10.3 Å². The van der Waals surface area contributed by atoms with E-state index in [1.165, 1.54) is 22.7 Å². The Morgan fingerprint density at radius 1 is 1.05 bits per heavy atom. The van der Waals surface area contributed by atoms with Crippen LogP contribution in [0, 0.1) is 5.41 Å². The summed E-state index contributed by atoms with van der Waals surface area (Å²) in [6.45, 7) is 1.23. The van der Waals surface area contributed by atoms with E-state index < -0.39 is 23.9 Å². The number of nitrogens with two attached hydrogens (primary N) is 1. The Bertz CT molecular complexity index is 1380. The summed E-state index contributed by atoms with van der Waals surface area (Å²) in [4.78, 5) is 45.1. The number of hydrogen-bond donors (Lipinski definition) is 2. The van der Waals surface area contributed by atoms with Crippen molar-refractivity contribution in [2.45, 2.75) is 31.9 Å².